The highest BCUT2D eigenvalue weighted by Gasteiger charge is 2.47. The smallest absolute Gasteiger partial charge is 0.410 e. The van der Waals surface area contributed by atoms with E-state index in [2.05, 4.69) is 15.7 Å². The van der Waals surface area contributed by atoms with Gasteiger partial charge in [-0.15, -0.1) is 0 Å². The largest absolute Gasteiger partial charge is 0.497 e. The van der Waals surface area contributed by atoms with Crippen LogP contribution in [0.25, 0.3) is 0 Å². The lowest BCUT2D eigenvalue weighted by atomic mass is 9.96. The molecule has 1 amide bonds. The number of rotatable bonds is 4. The lowest BCUT2D eigenvalue weighted by Crippen LogP contribution is -2.37. The van der Waals surface area contributed by atoms with Gasteiger partial charge in [-0.1, -0.05) is 12.1 Å². The molecule has 1 aliphatic rings. The Hall–Kier alpha value is -2.71. The Bertz CT molecular complexity index is 815. The summed E-state index contributed by atoms with van der Waals surface area (Å²) < 4.78 is 46.9. The van der Waals surface area contributed by atoms with E-state index in [0.717, 1.165) is 4.68 Å². The van der Waals surface area contributed by atoms with Crippen LogP contribution in [0.5, 0.6) is 5.75 Å². The number of amides is 1. The number of carbonyl (C=O) groups is 1. The van der Waals surface area contributed by atoms with E-state index in [-0.39, 0.29) is 23.8 Å². The first-order valence-corrected chi connectivity index (χ1v) is 8.56. The third-order valence-electron chi connectivity index (χ3n) is 4.42. The van der Waals surface area contributed by atoms with Crippen LogP contribution in [0.3, 0.4) is 0 Å². The number of hydrogen-bond acceptors (Lipinski definition) is 4. The highest BCUT2D eigenvalue weighted by atomic mass is 19.4. The molecule has 0 aliphatic carbocycles. The van der Waals surface area contributed by atoms with Crippen LogP contribution in [-0.4, -0.2) is 35.0 Å². The van der Waals surface area contributed by atoms with Crippen molar-refractivity contribution in [1.82, 2.24) is 15.1 Å². The van der Waals surface area contributed by atoms with Crippen molar-refractivity contribution in [3.8, 4) is 5.75 Å². The van der Waals surface area contributed by atoms with Crippen molar-refractivity contribution in [2.24, 2.45) is 0 Å². The molecule has 1 aromatic carbocycles. The zero-order valence-electron chi connectivity index (χ0n) is 15.2. The van der Waals surface area contributed by atoms with Crippen molar-refractivity contribution >= 4 is 11.7 Å². The number of anilines is 1. The van der Waals surface area contributed by atoms with E-state index in [9.17, 15) is 18.0 Å². The monoisotopic (exact) mass is 382 g/mol. The molecular weight excluding hydrogens is 361 g/mol. The lowest BCUT2D eigenvalue weighted by molar-refractivity contribution is -0.173. The summed E-state index contributed by atoms with van der Waals surface area (Å²) in [5.41, 5.74) is 0.767. The third kappa shape index (κ3) is 3.86. The first-order valence-electron chi connectivity index (χ1n) is 8.56. The molecule has 2 atom stereocenters. The normalized spacial score (nSPS) is 19.4. The van der Waals surface area contributed by atoms with Crippen molar-refractivity contribution in [2.75, 3.05) is 12.4 Å². The molecule has 2 aromatic rings. The Morgan fingerprint density at radius 3 is 2.56 bits per heavy atom. The predicted molar refractivity (Wildman–Crippen MR) is 93.9 cm³/mol. The average molecular weight is 382 g/mol. The summed E-state index contributed by atoms with van der Waals surface area (Å²) in [5, 5.41) is 9.58. The van der Waals surface area contributed by atoms with E-state index in [1.54, 1.807) is 38.1 Å². The van der Waals surface area contributed by atoms with Crippen molar-refractivity contribution in [3.63, 3.8) is 0 Å². The second-order valence-electron chi connectivity index (χ2n) is 6.74. The van der Waals surface area contributed by atoms with Crippen molar-refractivity contribution in [1.29, 1.82) is 0 Å². The number of nitrogens with one attached hydrogen (secondary N) is 2. The van der Waals surface area contributed by atoms with Crippen molar-refractivity contribution in [2.45, 2.75) is 44.6 Å². The van der Waals surface area contributed by atoms with Crippen LogP contribution >= 0.6 is 0 Å². The lowest BCUT2D eigenvalue weighted by Gasteiger charge is -2.34. The van der Waals surface area contributed by atoms with Crippen molar-refractivity contribution in [3.05, 3.63) is 41.6 Å². The maximum Gasteiger partial charge on any atom is 0.410 e. The summed E-state index contributed by atoms with van der Waals surface area (Å²) in [6.45, 7) is 3.56. The molecular formula is C18H21F3N4O2. The fourth-order valence-electron chi connectivity index (χ4n) is 3.12. The third-order valence-corrected chi connectivity index (χ3v) is 4.42. The number of carbonyl (C=O) groups excluding carboxylic acids is 1. The Morgan fingerprint density at radius 1 is 1.33 bits per heavy atom. The van der Waals surface area contributed by atoms with Crippen molar-refractivity contribution < 1.29 is 22.7 Å². The highest BCUT2D eigenvalue weighted by molar-refractivity contribution is 5.99. The number of halogens is 3. The Balaban J connectivity index is 1.99. The van der Waals surface area contributed by atoms with Crippen LogP contribution in [0, 0.1) is 0 Å². The SMILES string of the molecule is COc1ccc([C@@H]2C[C@H](C(F)(F)F)n3ncc(C(=O)NC(C)C)c3N2)cc1. The van der Waals surface area contributed by atoms with Crippen LogP contribution in [0.15, 0.2) is 30.5 Å². The molecule has 0 fully saturated rings. The number of hydrogen-bond donors (Lipinski definition) is 2. The Morgan fingerprint density at radius 2 is 2.00 bits per heavy atom. The second-order valence-corrected chi connectivity index (χ2v) is 6.74. The molecule has 2 heterocycles. The molecule has 0 radical (unpaired) electrons. The molecule has 6 nitrogen and oxygen atoms in total. The molecule has 2 N–H and O–H groups in total. The van der Waals surface area contributed by atoms with Crippen LogP contribution in [0.4, 0.5) is 19.0 Å². The number of ether oxygens (including phenoxy) is 1. The first-order chi connectivity index (χ1) is 12.7. The van der Waals surface area contributed by atoms with Gasteiger partial charge in [-0.3, -0.25) is 4.79 Å². The zero-order chi connectivity index (χ0) is 19.8. The van der Waals surface area contributed by atoms with Gasteiger partial charge in [0.25, 0.3) is 5.91 Å². The van der Waals surface area contributed by atoms with Gasteiger partial charge in [0.2, 0.25) is 0 Å². The van der Waals surface area contributed by atoms with E-state index < -0.39 is 24.2 Å². The maximum atomic E-state index is 13.6. The summed E-state index contributed by atoms with van der Waals surface area (Å²) >= 11 is 0. The maximum absolute atomic E-state index is 13.6. The van der Waals surface area contributed by atoms with Gasteiger partial charge in [-0.2, -0.15) is 18.3 Å². The van der Waals surface area contributed by atoms with Gasteiger partial charge >= 0.3 is 6.18 Å². The minimum absolute atomic E-state index is 0.0718. The molecule has 146 valence electrons. The number of fused-ring (bicyclic) bond motifs is 1. The quantitative estimate of drug-likeness (QED) is 0.846. The van der Waals surface area contributed by atoms with Crippen LogP contribution in [-0.2, 0) is 0 Å². The van der Waals surface area contributed by atoms with E-state index in [0.29, 0.717) is 11.3 Å². The van der Waals surface area contributed by atoms with Gasteiger partial charge in [0.15, 0.2) is 6.04 Å². The highest BCUT2D eigenvalue weighted by Crippen LogP contribution is 2.44. The first kappa shape index (κ1) is 19.1. The number of nitrogens with zero attached hydrogens (tertiary/aromatic N) is 2. The molecule has 0 bridgehead atoms. The number of aromatic nitrogens is 2. The molecule has 0 saturated heterocycles. The summed E-state index contributed by atoms with van der Waals surface area (Å²) in [7, 11) is 1.52. The molecule has 1 aliphatic heterocycles. The molecule has 27 heavy (non-hydrogen) atoms. The topological polar surface area (TPSA) is 68.2 Å². The minimum atomic E-state index is -4.49. The number of benzene rings is 1. The standard InChI is InChI=1S/C18H21F3N4O2/c1-10(2)23-17(26)13-9-22-25-15(18(19,20)21)8-14(24-16(13)25)11-4-6-12(27-3)7-5-11/h4-7,9-10,14-15,24H,8H2,1-3H3,(H,23,26)/t14-,15+/m0/s1. The predicted octanol–water partition coefficient (Wildman–Crippen LogP) is 3.69. The van der Waals surface area contributed by atoms with Gasteiger partial charge in [-0.25, -0.2) is 4.68 Å². The van der Waals surface area contributed by atoms with E-state index >= 15 is 0 Å². The number of alkyl halides is 3. The van der Waals surface area contributed by atoms with Gasteiger partial charge in [0.05, 0.1) is 19.3 Å². The van der Waals surface area contributed by atoms with E-state index in [1.807, 2.05) is 0 Å². The summed E-state index contributed by atoms with van der Waals surface area (Å²) in [5.74, 6) is 0.224. The molecule has 0 spiro atoms. The molecule has 3 rings (SSSR count). The molecule has 0 saturated carbocycles. The molecule has 9 heteroatoms. The summed E-state index contributed by atoms with van der Waals surface area (Å²) in [6, 6.07) is 4.23. The van der Waals surface area contributed by atoms with Gasteiger partial charge < -0.3 is 15.4 Å². The Kier molecular flexibility index (Phi) is 5.03. The number of methoxy groups -OCH3 is 1. The summed E-state index contributed by atoms with van der Waals surface area (Å²) in [4.78, 5) is 12.4. The molecule has 1 aromatic heterocycles. The Labute approximate surface area is 154 Å². The fraction of sp³-hybridized carbons (Fsp3) is 0.444. The van der Waals surface area contributed by atoms with Gasteiger partial charge in [-0.05, 0) is 31.5 Å². The van der Waals surface area contributed by atoms with Crippen LogP contribution < -0.4 is 15.4 Å². The second kappa shape index (κ2) is 7.13. The minimum Gasteiger partial charge on any atom is -0.497 e. The van der Waals surface area contributed by atoms with Crippen LogP contribution in [0.2, 0.25) is 0 Å². The molecule has 0 unspecified atom stereocenters. The van der Waals surface area contributed by atoms with E-state index in [1.165, 1.54) is 13.3 Å². The van der Waals surface area contributed by atoms with Gasteiger partial charge in [0.1, 0.15) is 17.1 Å². The fourth-order valence-corrected chi connectivity index (χ4v) is 3.12. The van der Waals surface area contributed by atoms with Gasteiger partial charge in [0, 0.05) is 12.5 Å². The van der Waals surface area contributed by atoms with E-state index in [4.69, 9.17) is 4.74 Å². The summed E-state index contributed by atoms with van der Waals surface area (Å²) in [6.07, 6.45) is -3.54. The van der Waals surface area contributed by atoms with Crippen LogP contribution in [0.1, 0.15) is 48.3 Å². The zero-order valence-corrected chi connectivity index (χ0v) is 15.2. The average Bonchev–Trinajstić information content (AvgIpc) is 3.03.